The van der Waals surface area contributed by atoms with Crippen LogP contribution in [0.2, 0.25) is 0 Å². The largest absolute Gasteiger partial charge is 0.341 e. The molecule has 1 aliphatic heterocycles. The van der Waals surface area contributed by atoms with Crippen molar-refractivity contribution in [1.29, 1.82) is 0 Å². The number of hydrogen-bond donors (Lipinski definition) is 1. The molecule has 1 unspecified atom stereocenters. The molecular weight excluding hydrogens is 266 g/mol. The van der Waals surface area contributed by atoms with Gasteiger partial charge >= 0.3 is 0 Å². The summed E-state index contributed by atoms with van der Waals surface area (Å²) in [6.45, 7) is 3.09. The van der Waals surface area contributed by atoms with E-state index in [2.05, 4.69) is 9.71 Å². The molecule has 19 heavy (non-hydrogen) atoms. The Kier molecular flexibility index (Phi) is 4.16. The van der Waals surface area contributed by atoms with Crippen molar-refractivity contribution < 1.29 is 13.2 Å². The van der Waals surface area contributed by atoms with E-state index in [1.165, 1.54) is 18.5 Å². The van der Waals surface area contributed by atoms with E-state index < -0.39 is 10.0 Å². The number of carbonyl (C=O) groups excluding carboxylic acids is 1. The number of pyridine rings is 1. The summed E-state index contributed by atoms with van der Waals surface area (Å²) in [5.74, 6) is 0.000682. The molecule has 0 radical (unpaired) electrons. The van der Waals surface area contributed by atoms with Crippen LogP contribution < -0.4 is 4.72 Å². The second-order valence-corrected chi connectivity index (χ2v) is 6.26. The standard InChI is InChI=1S/C12H17N3O3S/c1-2-6-15-9-10(7-12(15)16)14-19(17,18)11-4-3-5-13-8-11/h3-5,8,10,14H,2,6-7,9H2,1H3. The van der Waals surface area contributed by atoms with Crippen molar-refractivity contribution in [2.24, 2.45) is 0 Å². The zero-order valence-corrected chi connectivity index (χ0v) is 11.6. The van der Waals surface area contributed by atoms with Gasteiger partial charge in [-0.15, -0.1) is 0 Å². The SMILES string of the molecule is CCCN1CC(NS(=O)(=O)c2cccnc2)CC1=O. The lowest BCUT2D eigenvalue weighted by Crippen LogP contribution is -2.37. The van der Waals surface area contributed by atoms with Gasteiger partial charge in [0, 0.05) is 37.9 Å². The van der Waals surface area contributed by atoms with Crippen LogP contribution in [0.3, 0.4) is 0 Å². The lowest BCUT2D eigenvalue weighted by molar-refractivity contribution is -0.127. The minimum atomic E-state index is -3.60. The van der Waals surface area contributed by atoms with Crippen LogP contribution in [-0.2, 0) is 14.8 Å². The van der Waals surface area contributed by atoms with Crippen molar-refractivity contribution in [1.82, 2.24) is 14.6 Å². The van der Waals surface area contributed by atoms with E-state index in [4.69, 9.17) is 0 Å². The van der Waals surface area contributed by atoms with E-state index in [9.17, 15) is 13.2 Å². The van der Waals surface area contributed by atoms with Crippen LogP contribution in [0.1, 0.15) is 19.8 Å². The van der Waals surface area contributed by atoms with Crippen molar-refractivity contribution in [3.8, 4) is 0 Å². The molecule has 0 aliphatic carbocycles. The van der Waals surface area contributed by atoms with E-state index in [-0.39, 0.29) is 23.3 Å². The summed E-state index contributed by atoms with van der Waals surface area (Å²) in [5, 5.41) is 0. The van der Waals surface area contributed by atoms with Gasteiger partial charge in [-0.25, -0.2) is 13.1 Å². The molecule has 1 aromatic heterocycles. The van der Waals surface area contributed by atoms with E-state index in [1.807, 2.05) is 6.92 Å². The fourth-order valence-corrected chi connectivity index (χ4v) is 3.32. The molecule has 1 saturated heterocycles. The van der Waals surface area contributed by atoms with Gasteiger partial charge in [0.1, 0.15) is 4.90 Å². The summed E-state index contributed by atoms with van der Waals surface area (Å²) in [6, 6.07) is 2.69. The smallest absolute Gasteiger partial charge is 0.242 e. The van der Waals surface area contributed by atoms with Gasteiger partial charge < -0.3 is 4.90 Å². The average Bonchev–Trinajstić information content (AvgIpc) is 2.70. The van der Waals surface area contributed by atoms with Crippen molar-refractivity contribution in [3.05, 3.63) is 24.5 Å². The number of nitrogens with one attached hydrogen (secondary N) is 1. The highest BCUT2D eigenvalue weighted by molar-refractivity contribution is 7.89. The molecule has 104 valence electrons. The first-order chi connectivity index (χ1) is 9.03. The number of amides is 1. The number of sulfonamides is 1. The van der Waals surface area contributed by atoms with Crippen LogP contribution in [0.5, 0.6) is 0 Å². The Balaban J connectivity index is 2.05. The maximum atomic E-state index is 12.1. The molecule has 1 aliphatic rings. The molecule has 2 heterocycles. The Morgan fingerprint density at radius 3 is 2.95 bits per heavy atom. The Labute approximate surface area is 112 Å². The lowest BCUT2D eigenvalue weighted by atomic mass is 10.3. The summed E-state index contributed by atoms with van der Waals surface area (Å²) in [5.41, 5.74) is 0. The lowest BCUT2D eigenvalue weighted by Gasteiger charge is -2.16. The Hall–Kier alpha value is -1.47. The monoisotopic (exact) mass is 283 g/mol. The maximum Gasteiger partial charge on any atom is 0.242 e. The molecule has 1 fully saturated rings. The van der Waals surface area contributed by atoms with Gasteiger partial charge in [0.15, 0.2) is 0 Å². The average molecular weight is 283 g/mol. The third-order valence-corrected chi connectivity index (χ3v) is 4.48. The van der Waals surface area contributed by atoms with Crippen LogP contribution in [0.4, 0.5) is 0 Å². The van der Waals surface area contributed by atoms with Crippen LogP contribution in [-0.4, -0.2) is 43.3 Å². The molecule has 6 nitrogen and oxygen atoms in total. The highest BCUT2D eigenvalue weighted by atomic mass is 32.2. The van der Waals surface area contributed by atoms with Gasteiger partial charge in [-0.2, -0.15) is 0 Å². The topological polar surface area (TPSA) is 79.4 Å². The second kappa shape index (κ2) is 5.66. The van der Waals surface area contributed by atoms with Crippen molar-refractivity contribution >= 4 is 15.9 Å². The van der Waals surface area contributed by atoms with Gasteiger partial charge in [0.25, 0.3) is 0 Å². The number of carbonyl (C=O) groups is 1. The number of hydrogen-bond acceptors (Lipinski definition) is 4. The number of nitrogens with zero attached hydrogens (tertiary/aromatic N) is 2. The first-order valence-electron chi connectivity index (χ1n) is 6.23. The van der Waals surface area contributed by atoms with Gasteiger partial charge in [0.05, 0.1) is 0 Å². The minimum Gasteiger partial charge on any atom is -0.341 e. The molecule has 1 N–H and O–H groups in total. The molecule has 1 aromatic rings. The zero-order chi connectivity index (χ0) is 13.9. The molecule has 0 bridgehead atoms. The van der Waals surface area contributed by atoms with Gasteiger partial charge in [0.2, 0.25) is 15.9 Å². The normalized spacial score (nSPS) is 19.9. The summed E-state index contributed by atoms with van der Waals surface area (Å²) >= 11 is 0. The Morgan fingerprint density at radius 2 is 2.32 bits per heavy atom. The molecular formula is C12H17N3O3S. The van der Waals surface area contributed by atoms with Crippen LogP contribution in [0.15, 0.2) is 29.4 Å². The fraction of sp³-hybridized carbons (Fsp3) is 0.500. The van der Waals surface area contributed by atoms with Gasteiger partial charge in [-0.1, -0.05) is 6.92 Å². The van der Waals surface area contributed by atoms with Crippen LogP contribution in [0.25, 0.3) is 0 Å². The highest BCUT2D eigenvalue weighted by Gasteiger charge is 2.32. The second-order valence-electron chi connectivity index (χ2n) is 4.55. The molecule has 1 atom stereocenters. The fourth-order valence-electron chi connectivity index (χ4n) is 2.13. The Morgan fingerprint density at radius 1 is 1.53 bits per heavy atom. The third-order valence-electron chi connectivity index (χ3n) is 2.97. The predicted molar refractivity (Wildman–Crippen MR) is 69.8 cm³/mol. The van der Waals surface area contributed by atoms with Gasteiger partial charge in [-0.3, -0.25) is 9.78 Å². The number of rotatable bonds is 5. The number of likely N-dealkylation sites (tertiary alicyclic amines) is 1. The molecule has 2 rings (SSSR count). The zero-order valence-electron chi connectivity index (χ0n) is 10.7. The van der Waals surface area contributed by atoms with Crippen molar-refractivity contribution in [2.45, 2.75) is 30.7 Å². The van der Waals surface area contributed by atoms with Crippen molar-refractivity contribution in [3.63, 3.8) is 0 Å². The first kappa shape index (κ1) is 14.0. The molecule has 7 heteroatoms. The van der Waals surface area contributed by atoms with E-state index >= 15 is 0 Å². The summed E-state index contributed by atoms with van der Waals surface area (Å²) in [6.07, 6.45) is 3.90. The van der Waals surface area contributed by atoms with Gasteiger partial charge in [-0.05, 0) is 18.6 Å². The Bertz CT molecular complexity index is 545. The molecule has 1 amide bonds. The van der Waals surface area contributed by atoms with Crippen molar-refractivity contribution in [2.75, 3.05) is 13.1 Å². The molecule has 0 aromatic carbocycles. The third kappa shape index (κ3) is 3.30. The quantitative estimate of drug-likeness (QED) is 0.847. The van der Waals surface area contributed by atoms with Crippen LogP contribution in [0, 0.1) is 0 Å². The first-order valence-corrected chi connectivity index (χ1v) is 7.71. The number of aromatic nitrogens is 1. The van der Waals surface area contributed by atoms with E-state index in [0.29, 0.717) is 13.1 Å². The molecule has 0 saturated carbocycles. The maximum absolute atomic E-state index is 12.1. The summed E-state index contributed by atoms with van der Waals surface area (Å²) in [7, 11) is -3.60. The minimum absolute atomic E-state index is 0.000682. The van der Waals surface area contributed by atoms with E-state index in [0.717, 1.165) is 6.42 Å². The summed E-state index contributed by atoms with van der Waals surface area (Å²) < 4.78 is 26.7. The highest BCUT2D eigenvalue weighted by Crippen LogP contribution is 2.14. The summed E-state index contributed by atoms with van der Waals surface area (Å²) in [4.78, 5) is 17.3. The molecule has 0 spiro atoms. The predicted octanol–water partition coefficient (Wildman–Crippen LogP) is 0.371. The van der Waals surface area contributed by atoms with E-state index in [1.54, 1.807) is 11.0 Å². The van der Waals surface area contributed by atoms with Crippen LogP contribution >= 0.6 is 0 Å².